The Morgan fingerprint density at radius 2 is 1.90 bits per heavy atom. The van der Waals surface area contributed by atoms with Gasteiger partial charge >= 0.3 is 0 Å². The lowest BCUT2D eigenvalue weighted by atomic mass is 10.1. The monoisotopic (exact) mass is 456 g/mol. The number of carbonyl (C=O) groups excluding carboxylic acids is 1. The van der Waals surface area contributed by atoms with Crippen LogP contribution >= 0.6 is 23.2 Å². The Hall–Kier alpha value is -3.76. The van der Waals surface area contributed by atoms with Gasteiger partial charge in [0.25, 0.3) is 5.91 Å². The smallest absolute Gasteiger partial charge is 0.294 e. The second-order valence-electron chi connectivity index (χ2n) is 6.30. The molecule has 3 N–H and O–H groups in total. The maximum Gasteiger partial charge on any atom is 0.294 e. The van der Waals surface area contributed by atoms with Crippen LogP contribution in [0.5, 0.6) is 0 Å². The van der Waals surface area contributed by atoms with Crippen LogP contribution in [0.1, 0.15) is 23.0 Å². The minimum atomic E-state index is -0.584. The fourth-order valence-electron chi connectivity index (χ4n) is 2.75. The van der Waals surface area contributed by atoms with Crippen LogP contribution in [0.4, 0.5) is 5.82 Å². The molecule has 2 aromatic carbocycles. The molecule has 4 rings (SSSR count). The number of halogens is 2. The topological polar surface area (TPSA) is 137 Å². The molecule has 2 heterocycles. The largest absolute Gasteiger partial charge is 0.378 e. The number of nitrogens with zero attached hydrogens (tertiary/aromatic N) is 6. The molecule has 4 aromatic rings. The standard InChI is InChI=1S/C19H14Cl2N8O2/c1-10(12-7-8-13(20)14(21)9-12)23-25-19(30)15-16(11-5-3-2-4-6-11)29(28-24-15)18-17(22)26-31-27-18/h2-9H,1H3,(H2,22,26)(H,25,30). The number of aromatic nitrogens is 5. The maximum atomic E-state index is 12.9. The van der Waals surface area contributed by atoms with Crippen LogP contribution in [0, 0.1) is 0 Å². The SMILES string of the molecule is CC(=NNC(=O)c1nnn(-c2nonc2N)c1-c1ccccc1)c1ccc(Cl)c(Cl)c1. The molecule has 2 aromatic heterocycles. The van der Waals surface area contributed by atoms with Gasteiger partial charge in [-0.3, -0.25) is 4.79 Å². The molecule has 0 spiro atoms. The van der Waals surface area contributed by atoms with Crippen LogP contribution < -0.4 is 11.2 Å². The Bertz CT molecular complexity index is 1280. The number of hydrazone groups is 1. The van der Waals surface area contributed by atoms with E-state index in [1.54, 1.807) is 37.3 Å². The van der Waals surface area contributed by atoms with Gasteiger partial charge in [-0.1, -0.05) is 64.8 Å². The van der Waals surface area contributed by atoms with Crippen molar-refractivity contribution in [2.24, 2.45) is 5.10 Å². The average Bonchev–Trinajstić information content (AvgIpc) is 3.40. The predicted octanol–water partition coefficient (Wildman–Crippen LogP) is 3.36. The number of nitrogens with one attached hydrogen (secondary N) is 1. The van der Waals surface area contributed by atoms with E-state index in [1.165, 1.54) is 4.68 Å². The number of nitrogen functional groups attached to an aromatic ring is 1. The van der Waals surface area contributed by atoms with E-state index in [2.05, 4.69) is 35.8 Å². The molecule has 0 radical (unpaired) electrons. The quantitative estimate of drug-likeness (QED) is 0.346. The van der Waals surface area contributed by atoms with E-state index in [0.29, 0.717) is 32.6 Å². The normalized spacial score (nSPS) is 11.5. The lowest BCUT2D eigenvalue weighted by Gasteiger charge is -2.06. The third-order valence-electron chi connectivity index (χ3n) is 4.29. The number of amides is 1. The number of hydrogen-bond donors (Lipinski definition) is 2. The first-order valence-corrected chi connectivity index (χ1v) is 9.61. The van der Waals surface area contributed by atoms with Crippen molar-refractivity contribution in [3.63, 3.8) is 0 Å². The Labute approximate surface area is 185 Å². The molecule has 0 unspecified atom stereocenters. The molecule has 31 heavy (non-hydrogen) atoms. The van der Waals surface area contributed by atoms with Gasteiger partial charge < -0.3 is 5.73 Å². The molecule has 0 aliphatic heterocycles. The Kier molecular flexibility index (Phi) is 5.65. The van der Waals surface area contributed by atoms with Gasteiger partial charge in [-0.25, -0.2) is 10.1 Å². The van der Waals surface area contributed by atoms with Gasteiger partial charge in [0.1, 0.15) is 5.69 Å². The Morgan fingerprint density at radius 1 is 1.13 bits per heavy atom. The molecule has 0 bridgehead atoms. The number of carbonyl (C=O) groups is 1. The van der Waals surface area contributed by atoms with Crippen LogP contribution in [-0.2, 0) is 0 Å². The molecular formula is C19H14Cl2N8O2. The van der Waals surface area contributed by atoms with Crippen molar-refractivity contribution in [2.75, 3.05) is 5.73 Å². The molecule has 0 aliphatic rings. The second kappa shape index (κ2) is 8.54. The summed E-state index contributed by atoms with van der Waals surface area (Å²) in [7, 11) is 0. The zero-order valence-corrected chi connectivity index (χ0v) is 17.5. The summed E-state index contributed by atoms with van der Waals surface area (Å²) in [6, 6.07) is 14.1. The summed E-state index contributed by atoms with van der Waals surface area (Å²) >= 11 is 12.0. The lowest BCUT2D eigenvalue weighted by molar-refractivity contribution is 0.0950. The van der Waals surface area contributed by atoms with Crippen molar-refractivity contribution in [1.29, 1.82) is 0 Å². The van der Waals surface area contributed by atoms with Crippen LogP contribution in [0.2, 0.25) is 10.0 Å². The Morgan fingerprint density at radius 3 is 2.58 bits per heavy atom. The van der Waals surface area contributed by atoms with E-state index in [4.69, 9.17) is 28.9 Å². The molecule has 1 amide bonds. The molecule has 10 nitrogen and oxygen atoms in total. The molecule has 156 valence electrons. The average molecular weight is 457 g/mol. The fourth-order valence-corrected chi connectivity index (χ4v) is 3.05. The molecule has 0 saturated heterocycles. The third kappa shape index (κ3) is 4.11. The first-order chi connectivity index (χ1) is 15.0. The fraction of sp³-hybridized carbons (Fsp3) is 0.0526. The summed E-state index contributed by atoms with van der Waals surface area (Å²) in [6.07, 6.45) is 0. The molecule has 0 fully saturated rings. The molecule has 0 saturated carbocycles. The summed E-state index contributed by atoms with van der Waals surface area (Å²) in [5.74, 6) is -0.469. The number of hydrogen-bond acceptors (Lipinski definition) is 8. The number of benzene rings is 2. The van der Waals surface area contributed by atoms with Gasteiger partial charge in [0.05, 0.1) is 15.8 Å². The molecule has 0 aliphatic carbocycles. The second-order valence-corrected chi connectivity index (χ2v) is 7.12. The number of anilines is 1. The highest BCUT2D eigenvalue weighted by molar-refractivity contribution is 6.42. The molecule has 12 heteroatoms. The summed E-state index contributed by atoms with van der Waals surface area (Å²) in [6.45, 7) is 1.72. The molecular weight excluding hydrogens is 443 g/mol. The highest BCUT2D eigenvalue weighted by Gasteiger charge is 2.25. The van der Waals surface area contributed by atoms with Crippen LogP contribution in [0.15, 0.2) is 58.3 Å². The first kappa shape index (κ1) is 20.5. The van der Waals surface area contributed by atoms with Crippen molar-refractivity contribution >= 4 is 40.6 Å². The lowest BCUT2D eigenvalue weighted by Crippen LogP contribution is -2.21. The number of nitrogens with two attached hydrogens (primary N) is 1. The summed E-state index contributed by atoms with van der Waals surface area (Å²) in [4.78, 5) is 12.9. The van der Waals surface area contributed by atoms with E-state index in [-0.39, 0.29) is 17.3 Å². The Balaban J connectivity index is 1.69. The van der Waals surface area contributed by atoms with E-state index in [1.807, 2.05) is 18.2 Å². The van der Waals surface area contributed by atoms with Gasteiger partial charge in [-0.05, 0) is 34.9 Å². The van der Waals surface area contributed by atoms with Crippen LogP contribution in [-0.4, -0.2) is 36.9 Å². The van der Waals surface area contributed by atoms with Gasteiger partial charge in [0, 0.05) is 5.56 Å². The van der Waals surface area contributed by atoms with Gasteiger partial charge in [0.15, 0.2) is 5.69 Å². The predicted molar refractivity (Wildman–Crippen MR) is 115 cm³/mol. The van der Waals surface area contributed by atoms with E-state index >= 15 is 0 Å². The zero-order valence-electron chi connectivity index (χ0n) is 16.0. The zero-order chi connectivity index (χ0) is 22.0. The summed E-state index contributed by atoms with van der Waals surface area (Å²) in [5, 5.41) is 20.2. The molecule has 0 atom stereocenters. The van der Waals surface area contributed by atoms with Gasteiger partial charge in [-0.2, -0.15) is 9.78 Å². The van der Waals surface area contributed by atoms with Crippen molar-refractivity contribution in [1.82, 2.24) is 30.7 Å². The van der Waals surface area contributed by atoms with E-state index in [9.17, 15) is 4.79 Å². The van der Waals surface area contributed by atoms with Crippen molar-refractivity contribution in [3.8, 4) is 17.1 Å². The first-order valence-electron chi connectivity index (χ1n) is 8.85. The van der Waals surface area contributed by atoms with Crippen LogP contribution in [0.3, 0.4) is 0 Å². The maximum absolute atomic E-state index is 12.9. The van der Waals surface area contributed by atoms with Crippen molar-refractivity contribution < 1.29 is 9.42 Å². The highest BCUT2D eigenvalue weighted by Crippen LogP contribution is 2.26. The van der Waals surface area contributed by atoms with E-state index < -0.39 is 5.91 Å². The van der Waals surface area contributed by atoms with E-state index in [0.717, 1.165) is 0 Å². The number of rotatable bonds is 5. The highest BCUT2D eigenvalue weighted by atomic mass is 35.5. The van der Waals surface area contributed by atoms with Gasteiger partial charge in [-0.15, -0.1) is 5.10 Å². The van der Waals surface area contributed by atoms with Crippen molar-refractivity contribution in [2.45, 2.75) is 6.92 Å². The minimum absolute atomic E-state index is 0.00233. The van der Waals surface area contributed by atoms with Gasteiger partial charge in [0.2, 0.25) is 11.6 Å². The summed E-state index contributed by atoms with van der Waals surface area (Å²) < 4.78 is 5.93. The van der Waals surface area contributed by atoms with Crippen molar-refractivity contribution in [3.05, 3.63) is 69.8 Å². The third-order valence-corrected chi connectivity index (χ3v) is 5.03. The summed E-state index contributed by atoms with van der Waals surface area (Å²) in [5.41, 5.74) is 10.5. The van der Waals surface area contributed by atoms with Crippen LogP contribution in [0.25, 0.3) is 17.1 Å². The minimum Gasteiger partial charge on any atom is -0.378 e.